The van der Waals surface area contributed by atoms with Crippen molar-refractivity contribution >= 4 is 45.6 Å². The van der Waals surface area contributed by atoms with Crippen molar-refractivity contribution < 1.29 is 4.65 Å². The van der Waals surface area contributed by atoms with Gasteiger partial charge in [-0.3, -0.25) is 9.88 Å². The Morgan fingerprint density at radius 1 is 1.32 bits per heavy atom. The lowest BCUT2D eigenvalue weighted by Crippen LogP contribution is -2.62. The van der Waals surface area contributed by atoms with E-state index in [0.29, 0.717) is 13.1 Å². The second-order valence-corrected chi connectivity index (χ2v) is 10.1. The van der Waals surface area contributed by atoms with Crippen LogP contribution in [-0.2, 0) is 6.54 Å². The number of hydroxylamine groups is 3. The lowest BCUT2D eigenvalue weighted by Gasteiger charge is -2.53. The van der Waals surface area contributed by atoms with Crippen molar-refractivity contribution in [1.29, 1.82) is 0 Å². The molecule has 2 unspecified atom stereocenters. The first-order valence-electron chi connectivity index (χ1n) is 10.8. The molecular weight excluding hydrogens is 428 g/mol. The Balaban J connectivity index is 1.43. The number of thiophene rings is 1. The van der Waals surface area contributed by atoms with Crippen molar-refractivity contribution in [3.05, 3.63) is 68.7 Å². The van der Waals surface area contributed by atoms with Crippen LogP contribution in [0.5, 0.6) is 0 Å². The first-order chi connectivity index (χ1) is 15.0. The molecular formula is C24H29ClN4OS. The van der Waals surface area contributed by atoms with Gasteiger partial charge in [0.25, 0.3) is 0 Å². The number of rotatable bonds is 7. The van der Waals surface area contributed by atoms with Gasteiger partial charge >= 0.3 is 0 Å². The van der Waals surface area contributed by atoms with E-state index in [-0.39, 0.29) is 10.7 Å². The normalized spacial score (nSPS) is 22.5. The molecule has 0 amide bonds. The lowest BCUT2D eigenvalue weighted by atomic mass is 10.0. The van der Waals surface area contributed by atoms with Crippen molar-refractivity contribution in [2.45, 2.75) is 32.4 Å². The molecule has 1 aliphatic rings. The van der Waals surface area contributed by atoms with Gasteiger partial charge in [0.2, 0.25) is 0 Å². The number of nitrogens with zero attached hydrogens (tertiary/aromatic N) is 3. The van der Waals surface area contributed by atoms with Crippen LogP contribution in [0.1, 0.15) is 30.2 Å². The third-order valence-electron chi connectivity index (χ3n) is 6.09. The summed E-state index contributed by atoms with van der Waals surface area (Å²) in [6.07, 6.45) is 7.75. The summed E-state index contributed by atoms with van der Waals surface area (Å²) in [5.41, 5.74) is 8.94. The summed E-state index contributed by atoms with van der Waals surface area (Å²) in [6.45, 7) is 5.72. The molecule has 3 aromatic rings. The zero-order chi connectivity index (χ0) is 21.8. The van der Waals surface area contributed by atoms with E-state index in [1.54, 1.807) is 6.20 Å². The molecule has 31 heavy (non-hydrogen) atoms. The first kappa shape index (κ1) is 22.2. The molecule has 0 saturated carbocycles. The van der Waals surface area contributed by atoms with Crippen molar-refractivity contribution in [3.8, 4) is 0 Å². The van der Waals surface area contributed by atoms with Crippen LogP contribution in [0.15, 0.2) is 48.7 Å². The molecule has 2 atom stereocenters. The SMILES string of the molecule is CCCC1CN(Cc2ccc3c(N)ccnc3c2)CC[N+]1([O-])CC=Cc1ccc(Cl)s1. The molecule has 0 aliphatic carbocycles. The number of nitrogen functional groups attached to an aromatic ring is 1. The third-order valence-corrected chi connectivity index (χ3v) is 7.29. The number of piperazine rings is 1. The molecule has 2 aromatic heterocycles. The second-order valence-electron chi connectivity index (χ2n) is 8.33. The fourth-order valence-corrected chi connectivity index (χ4v) is 5.40. The number of hydrogen-bond acceptors (Lipinski definition) is 5. The van der Waals surface area contributed by atoms with E-state index in [9.17, 15) is 5.21 Å². The van der Waals surface area contributed by atoms with Gasteiger partial charge in [-0.15, -0.1) is 11.3 Å². The van der Waals surface area contributed by atoms with Gasteiger partial charge in [0.05, 0.1) is 29.5 Å². The van der Waals surface area contributed by atoms with Crippen molar-refractivity contribution in [2.24, 2.45) is 0 Å². The van der Waals surface area contributed by atoms with Gasteiger partial charge in [0, 0.05) is 41.7 Å². The van der Waals surface area contributed by atoms with E-state index in [1.165, 1.54) is 16.9 Å². The van der Waals surface area contributed by atoms with E-state index in [1.807, 2.05) is 30.4 Å². The molecule has 5 nitrogen and oxygen atoms in total. The Hall–Kier alpha value is -1.96. The van der Waals surface area contributed by atoms with E-state index in [2.05, 4.69) is 35.0 Å². The predicted octanol–water partition coefficient (Wildman–Crippen LogP) is 5.54. The van der Waals surface area contributed by atoms with Crippen LogP contribution in [0.25, 0.3) is 17.0 Å². The second kappa shape index (κ2) is 9.67. The van der Waals surface area contributed by atoms with Gasteiger partial charge in [-0.2, -0.15) is 0 Å². The first-order valence-corrected chi connectivity index (χ1v) is 12.0. The zero-order valence-electron chi connectivity index (χ0n) is 17.8. The summed E-state index contributed by atoms with van der Waals surface area (Å²) in [5.74, 6) is 0. The van der Waals surface area contributed by atoms with Crippen LogP contribution in [0.2, 0.25) is 4.34 Å². The molecule has 2 N–H and O–H groups in total. The summed E-state index contributed by atoms with van der Waals surface area (Å²) in [5, 5.41) is 14.7. The molecule has 3 heterocycles. The molecule has 1 fully saturated rings. The van der Waals surface area contributed by atoms with Crippen LogP contribution in [0.4, 0.5) is 5.69 Å². The van der Waals surface area contributed by atoms with Crippen LogP contribution >= 0.6 is 22.9 Å². The van der Waals surface area contributed by atoms with Gasteiger partial charge in [-0.25, -0.2) is 0 Å². The average molecular weight is 457 g/mol. The van der Waals surface area contributed by atoms with E-state index < -0.39 is 0 Å². The summed E-state index contributed by atoms with van der Waals surface area (Å²) < 4.78 is 0.630. The third kappa shape index (κ3) is 5.27. The summed E-state index contributed by atoms with van der Waals surface area (Å²) in [6, 6.07) is 12.1. The molecule has 7 heteroatoms. The van der Waals surface area contributed by atoms with Crippen LogP contribution < -0.4 is 5.73 Å². The highest BCUT2D eigenvalue weighted by atomic mass is 35.5. The Bertz CT molecular complexity index is 1070. The number of hydrogen-bond donors (Lipinski definition) is 1. The van der Waals surface area contributed by atoms with Gasteiger partial charge in [0.1, 0.15) is 6.04 Å². The Morgan fingerprint density at radius 2 is 2.19 bits per heavy atom. The Labute approximate surface area is 192 Å². The monoisotopic (exact) mass is 456 g/mol. The van der Waals surface area contributed by atoms with Gasteiger partial charge < -0.3 is 15.6 Å². The number of anilines is 1. The van der Waals surface area contributed by atoms with Gasteiger partial charge in [0.15, 0.2) is 0 Å². The summed E-state index contributed by atoms with van der Waals surface area (Å²) in [7, 11) is 0. The molecule has 0 radical (unpaired) electrons. The minimum absolute atomic E-state index is 0.0875. The van der Waals surface area contributed by atoms with Crippen LogP contribution in [0, 0.1) is 5.21 Å². The number of benzene rings is 1. The smallest absolute Gasteiger partial charge is 0.102 e. The Morgan fingerprint density at radius 3 is 2.97 bits per heavy atom. The highest BCUT2D eigenvalue weighted by Crippen LogP contribution is 2.27. The molecule has 1 aliphatic heterocycles. The lowest BCUT2D eigenvalue weighted by molar-refractivity contribution is -0.905. The predicted molar refractivity (Wildman–Crippen MR) is 132 cm³/mol. The fraction of sp³-hybridized carbons (Fsp3) is 0.375. The van der Waals surface area contributed by atoms with E-state index >= 15 is 0 Å². The number of fused-ring (bicyclic) bond motifs is 1. The summed E-state index contributed by atoms with van der Waals surface area (Å²) in [4.78, 5) is 7.96. The van der Waals surface area contributed by atoms with Crippen LogP contribution in [-0.4, -0.2) is 46.8 Å². The highest BCUT2D eigenvalue weighted by molar-refractivity contribution is 7.16. The van der Waals surface area contributed by atoms with E-state index in [0.717, 1.165) is 58.3 Å². The zero-order valence-corrected chi connectivity index (χ0v) is 19.4. The maximum atomic E-state index is 13.7. The molecule has 4 rings (SSSR count). The minimum Gasteiger partial charge on any atom is -0.632 e. The molecule has 0 spiro atoms. The van der Waals surface area contributed by atoms with E-state index in [4.69, 9.17) is 17.3 Å². The number of aromatic nitrogens is 1. The van der Waals surface area contributed by atoms with Crippen molar-refractivity contribution in [2.75, 3.05) is 31.9 Å². The van der Waals surface area contributed by atoms with Crippen molar-refractivity contribution in [1.82, 2.24) is 9.88 Å². The Kier molecular flexibility index (Phi) is 6.94. The maximum Gasteiger partial charge on any atom is 0.102 e. The van der Waals surface area contributed by atoms with Crippen LogP contribution in [0.3, 0.4) is 0 Å². The largest absolute Gasteiger partial charge is 0.632 e. The topological polar surface area (TPSA) is 65.2 Å². The standard InChI is InChI=1S/C24H29ClN4OS/c1-2-4-19-17-28(16-18-6-8-21-22(26)10-11-27-23(21)15-18)12-14-29(19,30)13-3-5-20-7-9-24(25)31-20/h3,5-11,15,19H,2,4,12-14,16-17H2,1H3,(H2,26,27). The number of pyridine rings is 1. The molecule has 164 valence electrons. The van der Waals surface area contributed by atoms with Gasteiger partial charge in [-0.1, -0.05) is 37.1 Å². The summed E-state index contributed by atoms with van der Waals surface area (Å²) >= 11 is 7.54. The average Bonchev–Trinajstić information content (AvgIpc) is 3.16. The molecule has 1 saturated heterocycles. The number of quaternary nitrogens is 1. The number of halogens is 1. The maximum absolute atomic E-state index is 13.7. The van der Waals surface area contributed by atoms with Crippen molar-refractivity contribution in [3.63, 3.8) is 0 Å². The van der Waals surface area contributed by atoms with Gasteiger partial charge in [-0.05, 0) is 42.0 Å². The molecule has 1 aromatic carbocycles. The minimum atomic E-state index is -0.143. The fourth-order valence-electron chi connectivity index (χ4n) is 4.41. The molecule has 0 bridgehead atoms. The highest BCUT2D eigenvalue weighted by Gasteiger charge is 2.34. The quantitative estimate of drug-likeness (QED) is 0.374. The number of nitrogens with two attached hydrogens (primary N) is 1.